The Labute approximate surface area is 104 Å². The van der Waals surface area contributed by atoms with Gasteiger partial charge in [-0.2, -0.15) is 0 Å². The maximum absolute atomic E-state index is 11.9. The molecule has 1 heterocycles. The number of hydrogen-bond donors (Lipinski definition) is 3. The molecule has 6 heteroatoms. The Morgan fingerprint density at radius 3 is 2.28 bits per heavy atom. The standard InChI is InChI=1S/C12H15NO5/c1-7-12(9(14)3-5-11(17)18)8(6-13-7)2-4-10(15)16/h6,13H,2-5H2,1H3,(H,15,16)(H,17,18). The number of aromatic nitrogens is 1. The molecule has 0 bridgehead atoms. The molecule has 3 N–H and O–H groups in total. The number of aromatic amines is 1. The van der Waals surface area contributed by atoms with E-state index in [0.717, 1.165) is 0 Å². The highest BCUT2D eigenvalue weighted by Crippen LogP contribution is 2.18. The van der Waals surface area contributed by atoms with Crippen molar-refractivity contribution in [3.05, 3.63) is 23.0 Å². The predicted molar refractivity (Wildman–Crippen MR) is 62.7 cm³/mol. The van der Waals surface area contributed by atoms with Crippen LogP contribution in [0.1, 0.15) is 40.9 Å². The summed E-state index contributed by atoms with van der Waals surface area (Å²) in [6.07, 6.45) is 1.51. The van der Waals surface area contributed by atoms with Gasteiger partial charge in [0.05, 0.1) is 6.42 Å². The molecule has 6 nitrogen and oxygen atoms in total. The van der Waals surface area contributed by atoms with E-state index in [1.807, 2.05) is 0 Å². The molecule has 0 atom stereocenters. The summed E-state index contributed by atoms with van der Waals surface area (Å²) in [7, 11) is 0. The van der Waals surface area contributed by atoms with Crippen LogP contribution in [0, 0.1) is 6.92 Å². The van der Waals surface area contributed by atoms with Gasteiger partial charge in [-0.25, -0.2) is 0 Å². The van der Waals surface area contributed by atoms with Gasteiger partial charge in [-0.3, -0.25) is 14.4 Å². The molecule has 0 unspecified atom stereocenters. The van der Waals surface area contributed by atoms with Crippen molar-refractivity contribution >= 4 is 17.7 Å². The van der Waals surface area contributed by atoms with E-state index in [-0.39, 0.29) is 31.5 Å². The quantitative estimate of drug-likeness (QED) is 0.636. The summed E-state index contributed by atoms with van der Waals surface area (Å²) >= 11 is 0. The Kier molecular flexibility index (Phi) is 4.65. The minimum absolute atomic E-state index is 0.0590. The molecule has 0 aliphatic rings. The van der Waals surface area contributed by atoms with Crippen molar-refractivity contribution in [3.63, 3.8) is 0 Å². The van der Waals surface area contributed by atoms with Gasteiger partial charge in [-0.1, -0.05) is 0 Å². The molecule has 0 spiro atoms. The second kappa shape index (κ2) is 6.00. The number of hydrogen-bond acceptors (Lipinski definition) is 3. The third-order valence-electron chi connectivity index (χ3n) is 2.61. The summed E-state index contributed by atoms with van der Waals surface area (Å²) < 4.78 is 0. The summed E-state index contributed by atoms with van der Waals surface area (Å²) in [5.74, 6) is -2.22. The van der Waals surface area contributed by atoms with Crippen molar-refractivity contribution in [3.8, 4) is 0 Å². The van der Waals surface area contributed by atoms with Crippen molar-refractivity contribution < 1.29 is 24.6 Å². The number of carboxylic acids is 2. The van der Waals surface area contributed by atoms with Crippen LogP contribution in [0.15, 0.2) is 6.20 Å². The molecule has 1 rings (SSSR count). The lowest BCUT2D eigenvalue weighted by Gasteiger charge is -2.03. The number of aryl methyl sites for hydroxylation is 2. The van der Waals surface area contributed by atoms with Gasteiger partial charge in [0.25, 0.3) is 0 Å². The fraction of sp³-hybridized carbons (Fsp3) is 0.417. The van der Waals surface area contributed by atoms with Crippen LogP contribution in [0.25, 0.3) is 0 Å². The predicted octanol–water partition coefficient (Wildman–Crippen LogP) is 1.39. The van der Waals surface area contributed by atoms with E-state index in [0.29, 0.717) is 16.8 Å². The number of carbonyl (C=O) groups is 3. The highest BCUT2D eigenvalue weighted by Gasteiger charge is 2.17. The van der Waals surface area contributed by atoms with E-state index in [9.17, 15) is 14.4 Å². The summed E-state index contributed by atoms with van der Waals surface area (Å²) in [6, 6.07) is 0. The van der Waals surface area contributed by atoms with E-state index >= 15 is 0 Å². The van der Waals surface area contributed by atoms with Gasteiger partial charge in [0.15, 0.2) is 5.78 Å². The van der Waals surface area contributed by atoms with E-state index in [1.165, 1.54) is 0 Å². The molecular formula is C12H15NO5. The Morgan fingerprint density at radius 1 is 1.11 bits per heavy atom. The molecule has 0 fully saturated rings. The number of rotatable bonds is 7. The van der Waals surface area contributed by atoms with Gasteiger partial charge in [-0.15, -0.1) is 0 Å². The van der Waals surface area contributed by atoms with Crippen molar-refractivity contribution in [2.24, 2.45) is 0 Å². The molecule has 0 aliphatic carbocycles. The van der Waals surface area contributed by atoms with Crippen LogP contribution in [0.4, 0.5) is 0 Å². The van der Waals surface area contributed by atoms with Crippen molar-refractivity contribution in [1.82, 2.24) is 4.98 Å². The van der Waals surface area contributed by atoms with Crippen molar-refractivity contribution in [2.75, 3.05) is 0 Å². The average molecular weight is 253 g/mol. The zero-order valence-corrected chi connectivity index (χ0v) is 10.0. The van der Waals surface area contributed by atoms with Crippen LogP contribution in [0.5, 0.6) is 0 Å². The molecule has 0 aliphatic heterocycles. The summed E-state index contributed by atoms with van der Waals surface area (Å²) in [6.45, 7) is 1.71. The maximum atomic E-state index is 11.9. The summed E-state index contributed by atoms with van der Waals surface area (Å²) in [5.41, 5.74) is 1.70. The second-order valence-corrected chi connectivity index (χ2v) is 4.02. The van der Waals surface area contributed by atoms with Gasteiger partial charge < -0.3 is 15.2 Å². The van der Waals surface area contributed by atoms with E-state index in [1.54, 1.807) is 13.1 Å². The van der Waals surface area contributed by atoms with E-state index in [2.05, 4.69) is 4.98 Å². The smallest absolute Gasteiger partial charge is 0.303 e. The lowest BCUT2D eigenvalue weighted by molar-refractivity contribution is -0.137. The first-order valence-corrected chi connectivity index (χ1v) is 5.55. The molecule has 0 amide bonds. The van der Waals surface area contributed by atoms with E-state index < -0.39 is 11.9 Å². The van der Waals surface area contributed by atoms with Crippen molar-refractivity contribution in [2.45, 2.75) is 32.6 Å². The SMILES string of the molecule is Cc1[nH]cc(CCC(=O)O)c1C(=O)CCC(=O)O. The summed E-state index contributed by atoms with van der Waals surface area (Å²) in [5, 5.41) is 17.2. The minimum Gasteiger partial charge on any atom is -0.481 e. The minimum atomic E-state index is -1.02. The molecule has 0 saturated carbocycles. The fourth-order valence-corrected chi connectivity index (χ4v) is 1.75. The number of ketones is 1. The molecule has 18 heavy (non-hydrogen) atoms. The van der Waals surface area contributed by atoms with Crippen LogP contribution < -0.4 is 0 Å². The van der Waals surface area contributed by atoms with Gasteiger partial charge >= 0.3 is 11.9 Å². The molecule has 98 valence electrons. The van der Waals surface area contributed by atoms with Crippen LogP contribution >= 0.6 is 0 Å². The molecule has 0 radical (unpaired) electrons. The number of H-pyrrole nitrogens is 1. The molecule has 1 aromatic rings. The second-order valence-electron chi connectivity index (χ2n) is 4.02. The first kappa shape index (κ1) is 14.0. The molecule has 1 aromatic heterocycles. The normalized spacial score (nSPS) is 10.3. The molecule has 0 aromatic carbocycles. The lowest BCUT2D eigenvalue weighted by Crippen LogP contribution is -2.07. The Hall–Kier alpha value is -2.11. The van der Waals surface area contributed by atoms with Gasteiger partial charge in [0.2, 0.25) is 0 Å². The Morgan fingerprint density at radius 2 is 1.72 bits per heavy atom. The maximum Gasteiger partial charge on any atom is 0.303 e. The number of Topliss-reactive ketones (excluding diaryl/α,β-unsaturated/α-hetero) is 1. The highest BCUT2D eigenvalue weighted by atomic mass is 16.4. The number of carbonyl (C=O) groups excluding carboxylic acids is 1. The van der Waals surface area contributed by atoms with Crippen LogP contribution in [0.3, 0.4) is 0 Å². The van der Waals surface area contributed by atoms with E-state index in [4.69, 9.17) is 10.2 Å². The third kappa shape index (κ3) is 3.73. The monoisotopic (exact) mass is 253 g/mol. The lowest BCUT2D eigenvalue weighted by atomic mass is 10.00. The van der Waals surface area contributed by atoms with Crippen LogP contribution in [0.2, 0.25) is 0 Å². The fourth-order valence-electron chi connectivity index (χ4n) is 1.75. The molecular weight excluding hydrogens is 238 g/mol. The van der Waals surface area contributed by atoms with Crippen LogP contribution in [-0.4, -0.2) is 32.9 Å². The third-order valence-corrected chi connectivity index (χ3v) is 2.61. The Balaban J connectivity index is 2.79. The topological polar surface area (TPSA) is 107 Å². The first-order chi connectivity index (χ1) is 8.41. The summed E-state index contributed by atoms with van der Waals surface area (Å²) in [4.78, 5) is 35.7. The Bertz CT molecular complexity index is 475. The number of nitrogens with one attached hydrogen (secondary N) is 1. The largest absolute Gasteiger partial charge is 0.481 e. The van der Waals surface area contributed by atoms with Gasteiger partial charge in [0.1, 0.15) is 0 Å². The number of carboxylic acid groups (broad SMARTS) is 2. The zero-order valence-electron chi connectivity index (χ0n) is 10.0. The highest BCUT2D eigenvalue weighted by molar-refractivity contribution is 5.99. The van der Waals surface area contributed by atoms with Crippen LogP contribution in [-0.2, 0) is 16.0 Å². The first-order valence-electron chi connectivity index (χ1n) is 5.55. The zero-order chi connectivity index (χ0) is 13.7. The van der Waals surface area contributed by atoms with Gasteiger partial charge in [-0.05, 0) is 18.9 Å². The number of aliphatic carboxylic acids is 2. The van der Waals surface area contributed by atoms with Gasteiger partial charge in [0, 0.05) is 30.3 Å². The average Bonchev–Trinajstić information content (AvgIpc) is 2.64. The van der Waals surface area contributed by atoms with Crippen molar-refractivity contribution in [1.29, 1.82) is 0 Å². The molecule has 0 saturated heterocycles.